The summed E-state index contributed by atoms with van der Waals surface area (Å²) in [5.41, 5.74) is -1.11. The summed E-state index contributed by atoms with van der Waals surface area (Å²) >= 11 is 5.00. The molecule has 2 fully saturated rings. The van der Waals surface area contributed by atoms with Gasteiger partial charge in [0.15, 0.2) is 0 Å². The maximum atomic E-state index is 12.9. The third-order valence-corrected chi connectivity index (χ3v) is 8.89. The van der Waals surface area contributed by atoms with Crippen molar-refractivity contribution in [1.29, 1.82) is 0 Å². The molecule has 0 radical (unpaired) electrons. The minimum Gasteiger partial charge on any atom is -0.383 e. The van der Waals surface area contributed by atoms with Crippen LogP contribution in [0.2, 0.25) is 0 Å². The number of amides is 2. The van der Waals surface area contributed by atoms with Crippen molar-refractivity contribution in [3.8, 4) is 0 Å². The van der Waals surface area contributed by atoms with Gasteiger partial charge in [-0.05, 0) is 62.1 Å². The van der Waals surface area contributed by atoms with Crippen molar-refractivity contribution in [3.63, 3.8) is 0 Å². The van der Waals surface area contributed by atoms with E-state index in [4.69, 9.17) is 0 Å². The molecule has 0 bridgehead atoms. The maximum Gasteiger partial charge on any atom is 0.416 e. The van der Waals surface area contributed by atoms with Gasteiger partial charge in [0, 0.05) is 29.2 Å². The Bertz CT molecular complexity index is 1350. The smallest absolute Gasteiger partial charge is 0.383 e. The first-order valence-corrected chi connectivity index (χ1v) is 13.9. The van der Waals surface area contributed by atoms with E-state index in [1.807, 2.05) is 18.2 Å². The van der Waals surface area contributed by atoms with Gasteiger partial charge in [0.1, 0.15) is 10.6 Å². The van der Waals surface area contributed by atoms with Crippen LogP contribution in [0.3, 0.4) is 0 Å². The summed E-state index contributed by atoms with van der Waals surface area (Å²) in [6.07, 6.45) is -1.66. The standard InChI is InChI=1S/C26H26BrF3N4O3S/c27-17-4-5-20-21(11-17)38-24(33-20)25(37)8-6-19(7-9-25)34-13-18(14-34)32-22(35)12-31-23(36)15-2-1-3-16(10-15)26(28,29)30/h1-5,10-11,18-19,37H,6-9,12-14H2,(H,31,36)(H,32,35)/t19-,25-. The van der Waals surface area contributed by atoms with E-state index in [0.29, 0.717) is 32.0 Å². The number of nitrogens with one attached hydrogen (secondary N) is 2. The van der Waals surface area contributed by atoms with E-state index < -0.39 is 29.2 Å². The van der Waals surface area contributed by atoms with E-state index in [2.05, 4.69) is 36.4 Å². The summed E-state index contributed by atoms with van der Waals surface area (Å²) in [5.74, 6) is -1.13. The van der Waals surface area contributed by atoms with Crippen LogP contribution in [0.4, 0.5) is 13.2 Å². The molecule has 1 aliphatic carbocycles. The molecule has 1 saturated heterocycles. The SMILES string of the molecule is O=C(CNC(=O)c1cccc(C(F)(F)F)c1)NC1CN([C@H]2CC[C@@](O)(c3nc4ccc(Br)cc4s3)CC2)C1. The molecule has 3 N–H and O–H groups in total. The highest BCUT2D eigenvalue weighted by Crippen LogP contribution is 2.42. The predicted octanol–water partition coefficient (Wildman–Crippen LogP) is 4.44. The minimum atomic E-state index is -4.55. The fourth-order valence-corrected chi connectivity index (χ4v) is 6.70. The average Bonchev–Trinajstić information content (AvgIpc) is 3.29. The molecule has 2 aromatic carbocycles. The van der Waals surface area contributed by atoms with Crippen molar-refractivity contribution < 1.29 is 27.9 Å². The number of likely N-dealkylation sites (tertiary alicyclic amines) is 1. The van der Waals surface area contributed by atoms with Crippen molar-refractivity contribution in [2.75, 3.05) is 19.6 Å². The van der Waals surface area contributed by atoms with E-state index in [1.54, 1.807) is 0 Å². The number of aromatic nitrogens is 1. The van der Waals surface area contributed by atoms with Crippen LogP contribution in [0.15, 0.2) is 46.9 Å². The normalized spacial score (nSPS) is 22.7. The molecule has 3 aromatic rings. The predicted molar refractivity (Wildman–Crippen MR) is 141 cm³/mol. The number of carbonyl (C=O) groups is 2. The zero-order valence-corrected chi connectivity index (χ0v) is 22.6. The Morgan fingerprint density at radius 3 is 2.61 bits per heavy atom. The number of thiazole rings is 1. The number of alkyl halides is 3. The summed E-state index contributed by atoms with van der Waals surface area (Å²) in [6.45, 7) is 1.03. The van der Waals surface area contributed by atoms with Crippen LogP contribution in [0, 0.1) is 0 Å². The van der Waals surface area contributed by atoms with Crippen LogP contribution in [-0.4, -0.2) is 58.5 Å². The largest absolute Gasteiger partial charge is 0.416 e. The lowest BCUT2D eigenvalue weighted by Gasteiger charge is -2.47. The molecule has 202 valence electrons. The first kappa shape index (κ1) is 27.0. The molecule has 0 spiro atoms. The van der Waals surface area contributed by atoms with Gasteiger partial charge in [0.2, 0.25) is 5.91 Å². The second-order valence-corrected chi connectivity index (χ2v) is 11.8. The lowest BCUT2D eigenvalue weighted by Crippen LogP contribution is -2.63. The van der Waals surface area contributed by atoms with E-state index in [1.165, 1.54) is 17.4 Å². The molecule has 2 amide bonds. The number of fused-ring (bicyclic) bond motifs is 1. The number of hydrogen-bond acceptors (Lipinski definition) is 6. The molecule has 1 aromatic heterocycles. The van der Waals surface area contributed by atoms with Gasteiger partial charge >= 0.3 is 6.18 Å². The first-order chi connectivity index (χ1) is 18.0. The lowest BCUT2D eigenvalue weighted by atomic mass is 9.81. The molecule has 7 nitrogen and oxygen atoms in total. The highest BCUT2D eigenvalue weighted by molar-refractivity contribution is 9.10. The summed E-state index contributed by atoms with van der Waals surface area (Å²) in [5, 5.41) is 17.3. The molecule has 1 saturated carbocycles. The van der Waals surface area contributed by atoms with Crippen molar-refractivity contribution in [2.45, 2.75) is 49.5 Å². The number of carbonyl (C=O) groups excluding carboxylic acids is 2. The van der Waals surface area contributed by atoms with Crippen molar-refractivity contribution in [3.05, 3.63) is 63.1 Å². The number of halogens is 4. The summed E-state index contributed by atoms with van der Waals surface area (Å²) in [4.78, 5) is 31.4. The zero-order valence-electron chi connectivity index (χ0n) is 20.2. The van der Waals surface area contributed by atoms with Crippen LogP contribution in [-0.2, 0) is 16.6 Å². The fourth-order valence-electron chi connectivity index (χ4n) is 5.04. The van der Waals surface area contributed by atoms with Crippen molar-refractivity contribution in [1.82, 2.24) is 20.5 Å². The van der Waals surface area contributed by atoms with Gasteiger partial charge in [-0.2, -0.15) is 13.2 Å². The second kappa shape index (κ2) is 10.6. The van der Waals surface area contributed by atoms with Gasteiger partial charge < -0.3 is 15.7 Å². The molecule has 2 heterocycles. The molecular weight excluding hydrogens is 585 g/mol. The molecule has 38 heavy (non-hydrogen) atoms. The molecule has 1 aliphatic heterocycles. The van der Waals surface area contributed by atoms with Crippen molar-refractivity contribution in [2.24, 2.45) is 0 Å². The monoisotopic (exact) mass is 610 g/mol. The molecule has 12 heteroatoms. The van der Waals surface area contributed by atoms with Gasteiger partial charge in [-0.15, -0.1) is 11.3 Å². The second-order valence-electron chi connectivity index (χ2n) is 9.87. The van der Waals surface area contributed by atoms with Crippen molar-refractivity contribution >= 4 is 49.3 Å². The van der Waals surface area contributed by atoms with Gasteiger partial charge in [0.05, 0.1) is 28.4 Å². The zero-order chi connectivity index (χ0) is 27.1. The summed E-state index contributed by atoms with van der Waals surface area (Å²) < 4.78 is 40.6. The summed E-state index contributed by atoms with van der Waals surface area (Å²) in [7, 11) is 0. The lowest BCUT2D eigenvalue weighted by molar-refractivity contribution is -0.137. The van der Waals surface area contributed by atoms with Gasteiger partial charge in [0.25, 0.3) is 5.91 Å². The van der Waals surface area contributed by atoms with Crippen LogP contribution in [0.25, 0.3) is 10.2 Å². The number of nitrogens with zero attached hydrogens (tertiary/aromatic N) is 2. The minimum absolute atomic E-state index is 0.0588. The van der Waals surface area contributed by atoms with E-state index in [0.717, 1.165) is 50.7 Å². The molecular formula is C26H26BrF3N4O3S. The highest BCUT2D eigenvalue weighted by atomic mass is 79.9. The Morgan fingerprint density at radius 2 is 1.89 bits per heavy atom. The molecule has 5 rings (SSSR count). The third kappa shape index (κ3) is 5.88. The number of rotatable bonds is 6. The Balaban J connectivity index is 1.05. The van der Waals surface area contributed by atoms with Crippen LogP contribution >= 0.6 is 27.3 Å². The van der Waals surface area contributed by atoms with Crippen LogP contribution in [0.1, 0.15) is 46.6 Å². The Hall–Kier alpha value is -2.54. The van der Waals surface area contributed by atoms with E-state index in [-0.39, 0.29) is 18.2 Å². The topological polar surface area (TPSA) is 94.6 Å². The van der Waals surface area contributed by atoms with E-state index >= 15 is 0 Å². The molecule has 2 aliphatic rings. The maximum absolute atomic E-state index is 12.9. The summed E-state index contributed by atoms with van der Waals surface area (Å²) in [6, 6.07) is 10.2. The Kier molecular flexibility index (Phi) is 7.51. The first-order valence-electron chi connectivity index (χ1n) is 12.3. The number of aliphatic hydroxyl groups is 1. The van der Waals surface area contributed by atoms with Gasteiger partial charge in [-0.25, -0.2) is 4.98 Å². The third-order valence-electron chi connectivity index (χ3n) is 7.18. The van der Waals surface area contributed by atoms with Gasteiger partial charge in [-0.3, -0.25) is 14.5 Å². The molecule has 0 unspecified atom stereocenters. The number of benzene rings is 2. The Labute approximate surface area is 229 Å². The number of hydrogen-bond donors (Lipinski definition) is 3. The quantitative estimate of drug-likeness (QED) is 0.384. The Morgan fingerprint density at radius 1 is 1.16 bits per heavy atom. The van der Waals surface area contributed by atoms with E-state index in [9.17, 15) is 27.9 Å². The van der Waals surface area contributed by atoms with Crippen LogP contribution < -0.4 is 10.6 Å². The highest BCUT2D eigenvalue weighted by Gasteiger charge is 2.42. The van der Waals surface area contributed by atoms with Gasteiger partial charge in [-0.1, -0.05) is 22.0 Å². The molecule has 0 atom stereocenters. The average molecular weight is 611 g/mol. The van der Waals surface area contributed by atoms with Crippen LogP contribution in [0.5, 0.6) is 0 Å². The fraction of sp³-hybridized carbons (Fsp3) is 0.423.